The number of hydrogen-bond acceptors (Lipinski definition) is 6. The van der Waals surface area contributed by atoms with Gasteiger partial charge in [0.25, 0.3) is 5.56 Å². The zero-order chi connectivity index (χ0) is 19.6. The third-order valence-corrected chi connectivity index (χ3v) is 5.73. The molecule has 0 aliphatic carbocycles. The maximum absolute atomic E-state index is 13.1. The zero-order valence-corrected chi connectivity index (χ0v) is 15.5. The Morgan fingerprint density at radius 1 is 1.32 bits per heavy atom. The number of aliphatic hydroxyl groups is 1. The number of hydrogen-bond donors (Lipinski definition) is 1. The first-order valence-electron chi connectivity index (χ1n) is 9.11. The lowest BCUT2D eigenvalue weighted by atomic mass is 9.86. The van der Waals surface area contributed by atoms with Crippen molar-refractivity contribution >= 4 is 16.9 Å². The fraction of sp³-hybridized carbons (Fsp3) is 0.286. The summed E-state index contributed by atoms with van der Waals surface area (Å²) in [7, 11) is 1.61. The number of cyclic esters (lactones) is 1. The number of ether oxygens (including phenoxy) is 2. The van der Waals surface area contributed by atoms with E-state index in [1.165, 1.54) is 0 Å². The van der Waals surface area contributed by atoms with Crippen LogP contribution in [-0.4, -0.2) is 27.7 Å². The third-order valence-electron chi connectivity index (χ3n) is 5.73. The number of esters is 1. The minimum absolute atomic E-state index is 0.122. The van der Waals surface area contributed by atoms with Crippen LogP contribution in [0, 0.1) is 0 Å². The van der Waals surface area contributed by atoms with Crippen molar-refractivity contribution in [1.82, 2.24) is 9.55 Å². The number of pyridine rings is 2. The Morgan fingerprint density at radius 3 is 2.89 bits per heavy atom. The van der Waals surface area contributed by atoms with Gasteiger partial charge in [-0.15, -0.1) is 0 Å². The number of carbonyl (C=O) groups excluding carboxylic acids is 1. The van der Waals surface area contributed by atoms with E-state index in [0.717, 1.165) is 22.2 Å². The highest BCUT2D eigenvalue weighted by Crippen LogP contribution is 2.39. The molecule has 0 saturated heterocycles. The first-order valence-corrected chi connectivity index (χ1v) is 9.11. The monoisotopic (exact) mass is 378 g/mol. The van der Waals surface area contributed by atoms with E-state index < -0.39 is 11.6 Å². The lowest BCUT2D eigenvalue weighted by Crippen LogP contribution is -2.44. The van der Waals surface area contributed by atoms with Gasteiger partial charge in [-0.3, -0.25) is 4.79 Å². The van der Waals surface area contributed by atoms with E-state index in [0.29, 0.717) is 29.1 Å². The van der Waals surface area contributed by atoms with E-state index in [1.54, 1.807) is 24.7 Å². The number of rotatable bonds is 2. The van der Waals surface area contributed by atoms with Gasteiger partial charge in [-0.2, -0.15) is 0 Å². The molecule has 4 heterocycles. The molecule has 0 spiro atoms. The van der Waals surface area contributed by atoms with Gasteiger partial charge in [0.2, 0.25) is 0 Å². The van der Waals surface area contributed by atoms with Gasteiger partial charge in [-0.1, -0.05) is 13.0 Å². The molecule has 142 valence electrons. The van der Waals surface area contributed by atoms with Crippen LogP contribution < -0.4 is 10.3 Å². The van der Waals surface area contributed by atoms with Gasteiger partial charge in [0.1, 0.15) is 12.4 Å². The van der Waals surface area contributed by atoms with E-state index in [1.807, 2.05) is 24.3 Å². The Hall–Kier alpha value is -3.19. The number of fused-ring (bicyclic) bond motifs is 5. The molecule has 2 aromatic heterocycles. The molecule has 7 heteroatoms. The molecular weight excluding hydrogens is 360 g/mol. The van der Waals surface area contributed by atoms with Crippen LogP contribution in [0.15, 0.2) is 35.1 Å². The molecule has 0 amide bonds. The van der Waals surface area contributed by atoms with Crippen molar-refractivity contribution < 1.29 is 19.4 Å². The Bertz CT molecular complexity index is 1230. The number of benzene rings is 1. The predicted octanol–water partition coefficient (Wildman–Crippen LogP) is 2.09. The second-order valence-corrected chi connectivity index (χ2v) is 7.13. The lowest BCUT2D eigenvalue weighted by molar-refractivity contribution is -0.172. The molecule has 0 bridgehead atoms. The van der Waals surface area contributed by atoms with Crippen molar-refractivity contribution in [3.63, 3.8) is 0 Å². The topological polar surface area (TPSA) is 90.7 Å². The summed E-state index contributed by atoms with van der Waals surface area (Å²) in [5, 5.41) is 11.8. The number of carbonyl (C=O) groups is 1. The zero-order valence-electron chi connectivity index (χ0n) is 15.5. The molecule has 1 atom stereocenters. The summed E-state index contributed by atoms with van der Waals surface area (Å²) < 4.78 is 12.1. The Morgan fingerprint density at radius 2 is 2.14 bits per heavy atom. The number of aromatic nitrogens is 2. The van der Waals surface area contributed by atoms with Crippen LogP contribution in [0.3, 0.4) is 0 Å². The predicted molar refractivity (Wildman–Crippen MR) is 101 cm³/mol. The van der Waals surface area contributed by atoms with E-state index in [9.17, 15) is 14.7 Å². The summed E-state index contributed by atoms with van der Waals surface area (Å²) >= 11 is 0. The third kappa shape index (κ3) is 2.05. The average Bonchev–Trinajstić information content (AvgIpc) is 3.07. The minimum atomic E-state index is -1.81. The van der Waals surface area contributed by atoms with Crippen LogP contribution in [-0.2, 0) is 28.3 Å². The normalized spacial score (nSPS) is 19.8. The maximum atomic E-state index is 13.1. The summed E-state index contributed by atoms with van der Waals surface area (Å²) in [5.74, 6) is -0.00368. The van der Waals surface area contributed by atoms with E-state index in [2.05, 4.69) is 0 Å². The van der Waals surface area contributed by atoms with Crippen molar-refractivity contribution in [2.75, 3.05) is 7.11 Å². The number of nitrogens with zero attached hydrogens (tertiary/aromatic N) is 2. The quantitative estimate of drug-likeness (QED) is 0.537. The van der Waals surface area contributed by atoms with Gasteiger partial charge in [0.05, 0.1) is 36.1 Å². The fourth-order valence-corrected chi connectivity index (χ4v) is 4.15. The summed E-state index contributed by atoms with van der Waals surface area (Å²) in [6, 6.07) is 9.31. The van der Waals surface area contributed by atoms with Gasteiger partial charge in [0, 0.05) is 16.5 Å². The molecule has 3 aromatic rings. The van der Waals surface area contributed by atoms with Crippen LogP contribution in [0.1, 0.15) is 30.0 Å². The molecule has 28 heavy (non-hydrogen) atoms. The van der Waals surface area contributed by atoms with Crippen molar-refractivity contribution in [3.05, 3.63) is 57.4 Å². The van der Waals surface area contributed by atoms with Gasteiger partial charge < -0.3 is 19.1 Å². The van der Waals surface area contributed by atoms with Gasteiger partial charge in [-0.25, -0.2) is 9.78 Å². The highest BCUT2D eigenvalue weighted by molar-refractivity contribution is 5.89. The second kappa shape index (κ2) is 5.65. The van der Waals surface area contributed by atoms with E-state index in [-0.39, 0.29) is 18.6 Å². The maximum Gasteiger partial charge on any atom is 0.343 e. The molecule has 2 aliphatic heterocycles. The molecule has 1 N–H and O–H groups in total. The van der Waals surface area contributed by atoms with Gasteiger partial charge in [-0.05, 0) is 30.7 Å². The Labute approximate surface area is 160 Å². The molecule has 1 aromatic carbocycles. The van der Waals surface area contributed by atoms with Gasteiger partial charge >= 0.3 is 5.97 Å². The molecule has 2 aliphatic rings. The first-order chi connectivity index (χ1) is 13.5. The molecule has 7 nitrogen and oxygen atoms in total. The fourth-order valence-electron chi connectivity index (χ4n) is 4.15. The van der Waals surface area contributed by atoms with Crippen LogP contribution in [0.2, 0.25) is 0 Å². The smallest absolute Gasteiger partial charge is 0.343 e. The van der Waals surface area contributed by atoms with Crippen LogP contribution in [0.25, 0.3) is 22.3 Å². The van der Waals surface area contributed by atoms with Crippen molar-refractivity contribution in [2.45, 2.75) is 32.1 Å². The van der Waals surface area contributed by atoms with Crippen molar-refractivity contribution in [2.24, 2.45) is 0 Å². The summed E-state index contributed by atoms with van der Waals surface area (Å²) in [5.41, 5.74) is 1.49. The summed E-state index contributed by atoms with van der Waals surface area (Å²) in [6.07, 6.45) is 0.122. The van der Waals surface area contributed by atoms with E-state index in [4.69, 9.17) is 14.5 Å². The molecule has 0 unspecified atom stereocenters. The van der Waals surface area contributed by atoms with Crippen molar-refractivity contribution in [3.8, 4) is 17.1 Å². The standard InChI is InChI=1S/C21H18N2O5/c1-3-21(26)14-8-16-18-11(7-12-15(22-18)5-4-6-17(12)27-2)9-23(16)19(24)13(14)10-28-20(21)25/h4-8,26H,3,9-10H2,1-2H3/t21-/m1/s1. The largest absolute Gasteiger partial charge is 0.496 e. The number of methoxy groups -OCH3 is 1. The average molecular weight is 378 g/mol. The second-order valence-electron chi connectivity index (χ2n) is 7.13. The van der Waals surface area contributed by atoms with Crippen LogP contribution >= 0.6 is 0 Å². The molecular formula is C21H18N2O5. The highest BCUT2D eigenvalue weighted by Gasteiger charge is 2.45. The molecule has 5 rings (SSSR count). The molecule has 0 fully saturated rings. The van der Waals surface area contributed by atoms with E-state index >= 15 is 0 Å². The molecule has 0 saturated carbocycles. The van der Waals surface area contributed by atoms with Crippen molar-refractivity contribution in [1.29, 1.82) is 0 Å². The minimum Gasteiger partial charge on any atom is -0.496 e. The van der Waals surface area contributed by atoms with Crippen LogP contribution in [0.5, 0.6) is 5.75 Å². The SMILES string of the molecule is CC[C@]1(O)C(=O)OCc2c1cc1n(c2=O)Cc2cc3c(OC)cccc3nc2-1. The highest BCUT2D eigenvalue weighted by atomic mass is 16.6. The summed E-state index contributed by atoms with van der Waals surface area (Å²) in [6.45, 7) is 1.93. The lowest BCUT2D eigenvalue weighted by Gasteiger charge is -2.31. The Balaban J connectivity index is 1.79. The Kier molecular flexibility index (Phi) is 3.42. The molecule has 0 radical (unpaired) electrons. The van der Waals surface area contributed by atoms with Crippen LogP contribution in [0.4, 0.5) is 0 Å². The van der Waals surface area contributed by atoms with Gasteiger partial charge in [0.15, 0.2) is 5.60 Å². The first kappa shape index (κ1) is 16.9. The summed E-state index contributed by atoms with van der Waals surface area (Å²) in [4.78, 5) is 30.1.